The fourth-order valence-corrected chi connectivity index (χ4v) is 15.7. The van der Waals surface area contributed by atoms with Crippen molar-refractivity contribution < 1.29 is 19.4 Å². The maximum Gasteiger partial charge on any atom is 0.282 e. The van der Waals surface area contributed by atoms with Crippen LogP contribution in [-0.4, -0.2) is 132 Å². The Bertz CT molecular complexity index is 3250. The van der Waals surface area contributed by atoms with Gasteiger partial charge < -0.3 is 25.0 Å². The van der Waals surface area contributed by atoms with Crippen LogP contribution in [0.2, 0.25) is 5.02 Å². The molecule has 17 heteroatoms. The van der Waals surface area contributed by atoms with Crippen molar-refractivity contribution in [1.29, 1.82) is 0 Å². The van der Waals surface area contributed by atoms with Crippen molar-refractivity contribution >= 4 is 45.7 Å². The highest BCUT2D eigenvalue weighted by Crippen LogP contribution is 2.52. The first-order chi connectivity index (χ1) is 38.7. The second-order valence-electron chi connectivity index (χ2n) is 25.2. The van der Waals surface area contributed by atoms with Crippen molar-refractivity contribution in [3.63, 3.8) is 0 Å². The highest BCUT2D eigenvalue weighted by molar-refractivity contribution is 7.13. The van der Waals surface area contributed by atoms with Crippen LogP contribution in [0.25, 0.3) is 27.0 Å². The van der Waals surface area contributed by atoms with E-state index in [4.69, 9.17) is 31.4 Å². The Hall–Kier alpha value is -5.36. The molecule has 2 saturated carbocycles. The number of piperidine rings is 1. The summed E-state index contributed by atoms with van der Waals surface area (Å²) in [6.45, 7) is 16.0. The molecule has 5 fully saturated rings. The Morgan fingerprint density at radius 2 is 1.69 bits per heavy atom. The zero-order valence-electron chi connectivity index (χ0n) is 47.1. The Kier molecular flexibility index (Phi) is 15.9. The maximum atomic E-state index is 14.8. The maximum absolute atomic E-state index is 14.8. The van der Waals surface area contributed by atoms with Crippen molar-refractivity contribution in [2.24, 2.45) is 11.3 Å². The number of thiazole rings is 1. The van der Waals surface area contributed by atoms with E-state index in [-0.39, 0.29) is 47.7 Å². The van der Waals surface area contributed by atoms with Gasteiger partial charge in [-0.3, -0.25) is 23.9 Å². The molecule has 80 heavy (non-hydrogen) atoms. The van der Waals surface area contributed by atoms with Gasteiger partial charge in [0, 0.05) is 44.7 Å². The standard InChI is InChI=1S/C63H79ClN10O5S/c1-40(42-17-19-45(20-18-42)56-50(65-39-80-56)11-9-27-70-30-32-79-33-31-70)66-58(76)54-35-47(75)37-72(54)60(78)57(62(2,3)4)73-38-51(68-69-73)44-15-13-41(14-16-44)36-71-28-23-43(24-29-71)46-21-22-48-53(34-46)74-52-12-8-10-49(64)55(52)59(77)67-61(74)63(48)25-6-5-7-26-63/h8,10,12,17-22,34,38-41,43-44,47,54,57,75H,5-7,9,11,13-16,23-33,35-37H2,1-4H3,(H,66,76)/t40-,41?,44?,47+,54-,57+/m0/s1. The third-order valence-electron chi connectivity index (χ3n) is 19.0. The topological polar surface area (TPSA) is 164 Å². The number of β-amino-alcohol motifs (C(OH)–C–C–N with tert-alkyl or cyclic N) is 1. The van der Waals surface area contributed by atoms with Crippen molar-refractivity contribution in [2.45, 2.75) is 159 Å². The molecule has 12 rings (SSSR count). The van der Waals surface area contributed by atoms with Gasteiger partial charge in [-0.1, -0.05) is 99.3 Å². The minimum atomic E-state index is -0.815. The number of halogens is 1. The molecule has 15 nitrogen and oxygen atoms in total. The summed E-state index contributed by atoms with van der Waals surface area (Å²) in [6, 6.07) is 19.4. The van der Waals surface area contributed by atoms with Gasteiger partial charge in [-0.15, -0.1) is 16.4 Å². The van der Waals surface area contributed by atoms with Crippen LogP contribution in [0, 0.1) is 11.3 Å². The van der Waals surface area contributed by atoms with E-state index >= 15 is 0 Å². The molecule has 6 aromatic rings. The number of rotatable bonds is 14. The summed E-state index contributed by atoms with van der Waals surface area (Å²) in [5.74, 6) is 1.73. The number of fused-ring (bicyclic) bond motifs is 7. The summed E-state index contributed by atoms with van der Waals surface area (Å²) in [4.78, 5) is 59.8. The van der Waals surface area contributed by atoms with E-state index in [9.17, 15) is 19.5 Å². The van der Waals surface area contributed by atoms with Crippen LogP contribution in [0.3, 0.4) is 0 Å². The van der Waals surface area contributed by atoms with Gasteiger partial charge in [0.25, 0.3) is 5.56 Å². The molecule has 1 spiro atoms. The van der Waals surface area contributed by atoms with Crippen LogP contribution in [0.15, 0.2) is 77.2 Å². The Morgan fingerprint density at radius 3 is 2.44 bits per heavy atom. The van der Waals surface area contributed by atoms with E-state index in [1.807, 2.05) is 51.5 Å². The summed E-state index contributed by atoms with van der Waals surface area (Å²) in [6.07, 6.45) is 15.3. The molecule has 4 atom stereocenters. The van der Waals surface area contributed by atoms with Crippen LogP contribution in [0.1, 0.15) is 169 Å². The number of aliphatic hydroxyl groups is 1. The van der Waals surface area contributed by atoms with Crippen molar-refractivity contribution in [1.82, 2.24) is 49.5 Å². The summed E-state index contributed by atoms with van der Waals surface area (Å²) in [7, 11) is 0. The molecule has 7 heterocycles. The zero-order chi connectivity index (χ0) is 55.3. The van der Waals surface area contributed by atoms with Gasteiger partial charge in [-0.2, -0.15) is 4.98 Å². The molecule has 3 aromatic carbocycles. The molecular weight excluding hydrogens is 1040 g/mol. The molecule has 0 bridgehead atoms. The number of nitrogens with zero attached hydrogens (tertiary/aromatic N) is 9. The molecular formula is C63H79ClN10O5S. The summed E-state index contributed by atoms with van der Waals surface area (Å²) < 4.78 is 9.50. The molecule has 424 valence electrons. The van der Waals surface area contributed by atoms with E-state index in [0.29, 0.717) is 22.2 Å². The second-order valence-corrected chi connectivity index (χ2v) is 26.5. The first-order valence-electron chi connectivity index (χ1n) is 29.8. The third kappa shape index (κ3) is 10.9. The van der Waals surface area contributed by atoms with Crippen molar-refractivity contribution in [3.05, 3.63) is 122 Å². The lowest BCUT2D eigenvalue weighted by molar-refractivity contribution is -0.144. The van der Waals surface area contributed by atoms with E-state index in [2.05, 4.69) is 67.4 Å². The number of hydrogen-bond acceptors (Lipinski definition) is 12. The molecule has 3 aromatic heterocycles. The number of benzene rings is 3. The molecule has 2 aliphatic carbocycles. The highest BCUT2D eigenvalue weighted by Gasteiger charge is 2.48. The van der Waals surface area contributed by atoms with Crippen LogP contribution in [0.5, 0.6) is 0 Å². The van der Waals surface area contributed by atoms with Crippen LogP contribution >= 0.6 is 22.9 Å². The minimum Gasteiger partial charge on any atom is -0.391 e. The Morgan fingerprint density at radius 1 is 0.925 bits per heavy atom. The molecule has 6 aliphatic rings. The van der Waals surface area contributed by atoms with Crippen molar-refractivity contribution in [2.75, 3.05) is 59.0 Å². The van der Waals surface area contributed by atoms with Gasteiger partial charge in [0.15, 0.2) is 0 Å². The first kappa shape index (κ1) is 55.2. The zero-order valence-corrected chi connectivity index (χ0v) is 48.7. The number of carbonyl (C=O) groups excluding carboxylic acids is 2. The van der Waals surface area contributed by atoms with Crippen LogP contribution < -0.4 is 10.9 Å². The van der Waals surface area contributed by atoms with E-state index in [1.54, 1.807) is 27.0 Å². The number of nitrogens with one attached hydrogen (secondary N) is 1. The molecule has 0 radical (unpaired) electrons. The van der Waals surface area contributed by atoms with Crippen LogP contribution in [0.4, 0.5) is 0 Å². The van der Waals surface area contributed by atoms with Crippen LogP contribution in [-0.2, 0) is 26.2 Å². The summed E-state index contributed by atoms with van der Waals surface area (Å²) in [5.41, 5.74) is 9.75. The molecule has 2 amide bonds. The van der Waals surface area contributed by atoms with E-state index < -0.39 is 23.6 Å². The summed E-state index contributed by atoms with van der Waals surface area (Å²) in [5, 5.41) is 24.5. The Balaban J connectivity index is 0.641. The monoisotopic (exact) mass is 1120 g/mol. The number of aryl methyl sites for hydroxylation is 1. The van der Waals surface area contributed by atoms with E-state index in [0.717, 1.165) is 163 Å². The number of aromatic nitrogens is 6. The first-order valence-corrected chi connectivity index (χ1v) is 31.1. The number of likely N-dealkylation sites (tertiary alicyclic amines) is 2. The number of carbonyl (C=O) groups is 2. The lowest BCUT2D eigenvalue weighted by atomic mass is 9.69. The van der Waals surface area contributed by atoms with Gasteiger partial charge in [-0.05, 0) is 148 Å². The number of ether oxygens (including phenoxy) is 1. The average molecular weight is 1120 g/mol. The van der Waals surface area contributed by atoms with Gasteiger partial charge in [-0.25, -0.2) is 9.67 Å². The largest absolute Gasteiger partial charge is 0.391 e. The fraction of sp³-hybridized carbons (Fsp3) is 0.571. The van der Waals surface area contributed by atoms with Gasteiger partial charge in [0.05, 0.1) is 74.2 Å². The predicted molar refractivity (Wildman–Crippen MR) is 314 cm³/mol. The number of morpholine rings is 1. The fourth-order valence-electron chi connectivity index (χ4n) is 14.6. The van der Waals surface area contributed by atoms with Gasteiger partial charge >= 0.3 is 0 Å². The number of hydrogen-bond donors (Lipinski definition) is 2. The SMILES string of the molecule is C[C@H](NC(=O)[C@@H]1C[C@@H](O)CN1C(=O)[C@@H](n1cc(C2CCC(CN3CCC(c4ccc5c(c4)-n4c(nc(=O)c6c(Cl)cccc64)C54CCCCC4)CC3)CC2)nn1)C(C)(C)C)c1ccc(-c2scnc2CCCN2CCOCC2)cc1. The van der Waals surface area contributed by atoms with E-state index in [1.165, 1.54) is 28.1 Å². The average Bonchev–Trinajstić information content (AvgIpc) is 4.39. The normalized spacial score (nSPS) is 23.6. The molecule has 3 saturated heterocycles. The smallest absolute Gasteiger partial charge is 0.282 e. The molecule has 4 aliphatic heterocycles. The number of amides is 2. The van der Waals surface area contributed by atoms with Crippen molar-refractivity contribution in [3.8, 4) is 16.1 Å². The third-order valence-corrected chi connectivity index (χ3v) is 20.2. The lowest BCUT2D eigenvalue weighted by Gasteiger charge is -2.37. The number of aliphatic hydroxyl groups excluding tert-OH is 1. The highest BCUT2D eigenvalue weighted by atomic mass is 35.5. The lowest BCUT2D eigenvalue weighted by Crippen LogP contribution is -2.50. The quantitative estimate of drug-likeness (QED) is 0.107. The summed E-state index contributed by atoms with van der Waals surface area (Å²) >= 11 is 8.32. The van der Waals surface area contributed by atoms with Gasteiger partial charge in [0.2, 0.25) is 11.8 Å². The Labute approximate surface area is 479 Å². The molecule has 0 unspecified atom stereocenters. The van der Waals surface area contributed by atoms with Gasteiger partial charge in [0.1, 0.15) is 17.9 Å². The molecule has 2 N–H and O–H groups in total. The minimum absolute atomic E-state index is 0.0822. The second kappa shape index (κ2) is 23.1. The predicted octanol–water partition coefficient (Wildman–Crippen LogP) is 10.2.